The highest BCUT2D eigenvalue weighted by atomic mass is 19.4. The number of hydrogen-bond donors (Lipinski definition) is 1. The molecule has 1 atom stereocenters. The Hall–Kier alpha value is -1.46. The van der Waals surface area contributed by atoms with E-state index in [1.807, 2.05) is 0 Å². The van der Waals surface area contributed by atoms with Crippen LogP contribution in [0.15, 0.2) is 18.2 Å². The Balaban J connectivity index is 2.18. The zero-order valence-electron chi connectivity index (χ0n) is 9.67. The van der Waals surface area contributed by atoms with Gasteiger partial charge in [-0.25, -0.2) is 4.39 Å². The molecule has 1 aromatic rings. The lowest BCUT2D eigenvalue weighted by molar-refractivity contribution is -0.175. The standard InChI is InChI=1S/C12H14F4N2/c13-9-4-10(17)6-11(5-9)18-3-1-2-8(7-18)12(14,15)16/h4-6,8H,1-3,7,17H2. The topological polar surface area (TPSA) is 29.3 Å². The fourth-order valence-electron chi connectivity index (χ4n) is 2.26. The molecule has 1 heterocycles. The number of piperidine rings is 1. The number of nitrogens with two attached hydrogens (primary N) is 1. The van der Waals surface area contributed by atoms with Crippen molar-refractivity contribution >= 4 is 11.4 Å². The molecule has 1 unspecified atom stereocenters. The summed E-state index contributed by atoms with van der Waals surface area (Å²) in [5, 5.41) is 0. The van der Waals surface area contributed by atoms with E-state index < -0.39 is 17.9 Å². The third-order valence-electron chi connectivity index (χ3n) is 3.15. The van der Waals surface area contributed by atoms with Crippen molar-refractivity contribution in [3.05, 3.63) is 24.0 Å². The average Bonchev–Trinajstić information content (AvgIpc) is 2.27. The number of nitrogen functional groups attached to an aromatic ring is 1. The van der Waals surface area contributed by atoms with Crippen LogP contribution >= 0.6 is 0 Å². The van der Waals surface area contributed by atoms with Crippen molar-refractivity contribution in [3.8, 4) is 0 Å². The van der Waals surface area contributed by atoms with Crippen molar-refractivity contribution < 1.29 is 17.6 Å². The first-order valence-corrected chi connectivity index (χ1v) is 5.74. The average molecular weight is 262 g/mol. The van der Waals surface area contributed by atoms with Crippen molar-refractivity contribution in [2.24, 2.45) is 5.92 Å². The van der Waals surface area contributed by atoms with Gasteiger partial charge >= 0.3 is 6.18 Å². The molecular weight excluding hydrogens is 248 g/mol. The normalized spacial score (nSPS) is 21.1. The van der Waals surface area contributed by atoms with Crippen LogP contribution in [0.4, 0.5) is 28.9 Å². The van der Waals surface area contributed by atoms with Gasteiger partial charge in [0.1, 0.15) is 5.82 Å². The molecule has 2 N–H and O–H groups in total. The van der Waals surface area contributed by atoms with E-state index in [4.69, 9.17) is 5.73 Å². The molecule has 0 aliphatic carbocycles. The molecule has 2 rings (SSSR count). The molecule has 0 spiro atoms. The van der Waals surface area contributed by atoms with Crippen LogP contribution < -0.4 is 10.6 Å². The minimum absolute atomic E-state index is 0.130. The first-order valence-electron chi connectivity index (χ1n) is 5.74. The third kappa shape index (κ3) is 2.86. The van der Waals surface area contributed by atoms with E-state index >= 15 is 0 Å². The summed E-state index contributed by atoms with van der Waals surface area (Å²) in [5.74, 6) is -1.88. The van der Waals surface area contributed by atoms with Crippen LogP contribution in [-0.4, -0.2) is 19.3 Å². The largest absolute Gasteiger partial charge is 0.399 e. The number of halogens is 4. The zero-order chi connectivity index (χ0) is 13.3. The van der Waals surface area contributed by atoms with Crippen molar-refractivity contribution in [3.63, 3.8) is 0 Å². The number of hydrogen-bond acceptors (Lipinski definition) is 2. The number of alkyl halides is 3. The van der Waals surface area contributed by atoms with Gasteiger partial charge in [-0.2, -0.15) is 13.2 Å². The molecule has 0 saturated carbocycles. The predicted molar refractivity (Wildman–Crippen MR) is 61.8 cm³/mol. The second kappa shape index (κ2) is 4.66. The van der Waals surface area contributed by atoms with Gasteiger partial charge in [0.2, 0.25) is 0 Å². The van der Waals surface area contributed by atoms with Gasteiger partial charge in [0.05, 0.1) is 5.92 Å². The molecule has 1 fully saturated rings. The Morgan fingerprint density at radius 2 is 1.94 bits per heavy atom. The van der Waals surface area contributed by atoms with Crippen molar-refractivity contribution in [1.29, 1.82) is 0 Å². The van der Waals surface area contributed by atoms with E-state index in [1.54, 1.807) is 4.90 Å². The number of anilines is 2. The van der Waals surface area contributed by atoms with Crippen LogP contribution in [0, 0.1) is 11.7 Å². The summed E-state index contributed by atoms with van der Waals surface area (Å²) in [6, 6.07) is 3.87. The van der Waals surface area contributed by atoms with Crippen LogP contribution in [0.1, 0.15) is 12.8 Å². The highest BCUT2D eigenvalue weighted by Gasteiger charge is 2.41. The molecule has 100 valence electrons. The van der Waals surface area contributed by atoms with E-state index in [1.165, 1.54) is 12.1 Å². The number of rotatable bonds is 1. The summed E-state index contributed by atoms with van der Waals surface area (Å²) in [7, 11) is 0. The van der Waals surface area contributed by atoms with Gasteiger partial charge in [-0.1, -0.05) is 0 Å². The van der Waals surface area contributed by atoms with E-state index in [2.05, 4.69) is 0 Å². The molecule has 0 amide bonds. The van der Waals surface area contributed by atoms with Crippen molar-refractivity contribution in [2.75, 3.05) is 23.7 Å². The second-order valence-corrected chi connectivity index (χ2v) is 4.57. The Kier molecular flexibility index (Phi) is 3.36. The Bertz CT molecular complexity index is 410. The molecular formula is C12H14F4N2. The highest BCUT2D eigenvalue weighted by molar-refractivity contribution is 5.56. The molecule has 0 aromatic heterocycles. The molecule has 1 saturated heterocycles. The molecule has 6 heteroatoms. The minimum atomic E-state index is -4.20. The van der Waals surface area contributed by atoms with Gasteiger partial charge in [0, 0.05) is 24.5 Å². The molecule has 1 aliphatic heterocycles. The Labute approximate surface area is 102 Å². The van der Waals surface area contributed by atoms with Gasteiger partial charge in [-0.3, -0.25) is 0 Å². The third-order valence-corrected chi connectivity index (χ3v) is 3.15. The minimum Gasteiger partial charge on any atom is -0.399 e. The van der Waals surface area contributed by atoms with E-state index in [0.29, 0.717) is 18.7 Å². The SMILES string of the molecule is Nc1cc(F)cc(N2CCCC(C(F)(F)F)C2)c1. The molecule has 1 aliphatic rings. The maximum Gasteiger partial charge on any atom is 0.393 e. The van der Waals surface area contributed by atoms with Crippen LogP contribution in [0.3, 0.4) is 0 Å². The lowest BCUT2D eigenvalue weighted by Crippen LogP contribution is -2.41. The van der Waals surface area contributed by atoms with Crippen molar-refractivity contribution in [1.82, 2.24) is 0 Å². The summed E-state index contributed by atoms with van der Waals surface area (Å²) in [6.45, 7) is 0.363. The predicted octanol–water partition coefficient (Wildman–Crippen LogP) is 3.19. The monoisotopic (exact) mass is 262 g/mol. The van der Waals surface area contributed by atoms with Crippen LogP contribution in [0.5, 0.6) is 0 Å². The highest BCUT2D eigenvalue weighted by Crippen LogP contribution is 2.35. The number of benzene rings is 1. The summed E-state index contributed by atoms with van der Waals surface area (Å²) in [4.78, 5) is 1.54. The Morgan fingerprint density at radius 1 is 1.22 bits per heavy atom. The fourth-order valence-corrected chi connectivity index (χ4v) is 2.26. The maximum atomic E-state index is 13.2. The molecule has 1 aromatic carbocycles. The van der Waals surface area contributed by atoms with Gasteiger partial charge in [0.15, 0.2) is 0 Å². The zero-order valence-corrected chi connectivity index (χ0v) is 9.67. The second-order valence-electron chi connectivity index (χ2n) is 4.57. The first-order chi connectivity index (χ1) is 8.36. The first kappa shape index (κ1) is 13.0. The maximum absolute atomic E-state index is 13.2. The summed E-state index contributed by atoms with van der Waals surface area (Å²) in [5.41, 5.74) is 6.14. The van der Waals surface area contributed by atoms with E-state index in [9.17, 15) is 17.6 Å². The summed E-state index contributed by atoms with van der Waals surface area (Å²) in [6.07, 6.45) is -3.62. The summed E-state index contributed by atoms with van der Waals surface area (Å²) >= 11 is 0. The van der Waals surface area contributed by atoms with Gasteiger partial charge in [0.25, 0.3) is 0 Å². The molecule has 0 radical (unpaired) electrons. The van der Waals surface area contributed by atoms with Crippen LogP contribution in [-0.2, 0) is 0 Å². The lowest BCUT2D eigenvalue weighted by Gasteiger charge is -2.35. The smallest absolute Gasteiger partial charge is 0.393 e. The quantitative estimate of drug-likeness (QED) is 0.622. The summed E-state index contributed by atoms with van der Waals surface area (Å²) < 4.78 is 51.2. The molecule has 18 heavy (non-hydrogen) atoms. The molecule has 2 nitrogen and oxygen atoms in total. The molecule has 0 bridgehead atoms. The van der Waals surface area contributed by atoms with Gasteiger partial charge in [-0.15, -0.1) is 0 Å². The van der Waals surface area contributed by atoms with Gasteiger partial charge in [-0.05, 0) is 31.0 Å². The van der Waals surface area contributed by atoms with Crippen molar-refractivity contribution in [2.45, 2.75) is 19.0 Å². The fraction of sp³-hybridized carbons (Fsp3) is 0.500. The van der Waals surface area contributed by atoms with Crippen LogP contribution in [0.2, 0.25) is 0 Å². The van der Waals surface area contributed by atoms with Crippen LogP contribution in [0.25, 0.3) is 0 Å². The number of nitrogens with zero attached hydrogens (tertiary/aromatic N) is 1. The Morgan fingerprint density at radius 3 is 2.56 bits per heavy atom. The lowest BCUT2D eigenvalue weighted by atomic mass is 9.97. The van der Waals surface area contributed by atoms with Gasteiger partial charge < -0.3 is 10.6 Å². The van der Waals surface area contributed by atoms with E-state index in [0.717, 1.165) is 6.07 Å². The van der Waals surface area contributed by atoms with E-state index in [-0.39, 0.29) is 18.7 Å².